The Morgan fingerprint density at radius 3 is 2.61 bits per heavy atom. The fourth-order valence-corrected chi connectivity index (χ4v) is 4.09. The number of benzene rings is 2. The summed E-state index contributed by atoms with van der Waals surface area (Å²) in [5.41, 5.74) is 1.73. The number of urea groups is 1. The molecule has 2 heterocycles. The number of imide groups is 1. The Balaban J connectivity index is 1.31. The van der Waals surface area contributed by atoms with Gasteiger partial charge in [-0.05, 0) is 23.6 Å². The smallest absolute Gasteiger partial charge is 0.325 e. The largest absolute Gasteiger partial charge is 0.370 e. The third kappa shape index (κ3) is 4.89. The van der Waals surface area contributed by atoms with Gasteiger partial charge in [-0.3, -0.25) is 14.5 Å². The van der Waals surface area contributed by atoms with Crippen molar-refractivity contribution in [1.29, 1.82) is 0 Å². The molecular weight excluding hydrogens is 418 g/mol. The Labute approximate surface area is 185 Å². The molecule has 7 nitrogen and oxygen atoms in total. The minimum absolute atomic E-state index is 0.0455. The lowest BCUT2D eigenvalue weighted by atomic mass is 10.1. The van der Waals surface area contributed by atoms with Crippen molar-refractivity contribution in [3.05, 3.63) is 70.7 Å². The van der Waals surface area contributed by atoms with Gasteiger partial charge in [0.2, 0.25) is 5.91 Å². The lowest BCUT2D eigenvalue weighted by molar-refractivity contribution is -0.139. The number of hydrogen-bond acceptors (Lipinski definition) is 4. The highest BCUT2D eigenvalue weighted by molar-refractivity contribution is 6.31. The third-order valence-electron chi connectivity index (χ3n) is 5.63. The van der Waals surface area contributed by atoms with E-state index in [1.807, 2.05) is 30.3 Å². The number of morpholine rings is 1. The van der Waals surface area contributed by atoms with E-state index in [9.17, 15) is 14.4 Å². The van der Waals surface area contributed by atoms with E-state index >= 15 is 0 Å². The maximum atomic E-state index is 12.8. The van der Waals surface area contributed by atoms with Crippen LogP contribution in [0.15, 0.2) is 54.6 Å². The summed E-state index contributed by atoms with van der Waals surface area (Å²) in [7, 11) is 0. The first-order valence-corrected chi connectivity index (χ1v) is 10.7. The van der Waals surface area contributed by atoms with E-state index < -0.39 is 12.1 Å². The minimum Gasteiger partial charge on any atom is -0.370 e. The first kappa shape index (κ1) is 21.3. The van der Waals surface area contributed by atoms with Gasteiger partial charge in [-0.2, -0.15) is 0 Å². The molecule has 0 bridgehead atoms. The number of carbonyl (C=O) groups excluding carboxylic acids is 3. The van der Waals surface area contributed by atoms with Crippen molar-refractivity contribution < 1.29 is 19.1 Å². The van der Waals surface area contributed by atoms with Crippen molar-refractivity contribution in [1.82, 2.24) is 15.1 Å². The highest BCUT2D eigenvalue weighted by atomic mass is 35.5. The highest BCUT2D eigenvalue weighted by Gasteiger charge is 2.38. The molecule has 4 rings (SSSR count). The van der Waals surface area contributed by atoms with E-state index in [1.54, 1.807) is 29.2 Å². The standard InChI is InChI=1S/C23H24ClN3O4/c24-18-9-5-4-8-17(18)14-27-22(29)19(25-23(27)30)10-11-21(28)26-12-13-31-20(15-26)16-6-2-1-3-7-16/h1-9,19-20H,10-15H2,(H,25,30)/t19-,20+/m0/s1. The molecule has 0 radical (unpaired) electrons. The Bertz CT molecular complexity index is 968. The molecule has 2 atom stereocenters. The molecule has 2 aliphatic heterocycles. The quantitative estimate of drug-likeness (QED) is 0.698. The van der Waals surface area contributed by atoms with Gasteiger partial charge in [0.15, 0.2) is 0 Å². The molecule has 162 valence electrons. The zero-order valence-electron chi connectivity index (χ0n) is 17.0. The van der Waals surface area contributed by atoms with Gasteiger partial charge in [0.1, 0.15) is 12.1 Å². The van der Waals surface area contributed by atoms with Gasteiger partial charge in [0.05, 0.1) is 19.7 Å². The predicted molar refractivity (Wildman–Crippen MR) is 115 cm³/mol. The molecule has 4 amide bonds. The van der Waals surface area contributed by atoms with Crippen LogP contribution in [-0.2, 0) is 20.9 Å². The van der Waals surface area contributed by atoms with E-state index in [0.717, 1.165) is 10.5 Å². The summed E-state index contributed by atoms with van der Waals surface area (Å²) in [5, 5.41) is 3.19. The summed E-state index contributed by atoms with van der Waals surface area (Å²) in [4.78, 5) is 40.7. The number of halogens is 1. The second-order valence-electron chi connectivity index (χ2n) is 7.67. The number of rotatable bonds is 6. The molecule has 0 saturated carbocycles. The normalized spacial score (nSPS) is 21.3. The number of amides is 4. The van der Waals surface area contributed by atoms with Crippen LogP contribution in [0.3, 0.4) is 0 Å². The fraction of sp³-hybridized carbons (Fsp3) is 0.348. The minimum atomic E-state index is -0.704. The molecule has 2 aromatic rings. The van der Waals surface area contributed by atoms with Crippen LogP contribution in [0, 0.1) is 0 Å². The van der Waals surface area contributed by atoms with Crippen molar-refractivity contribution in [2.45, 2.75) is 31.5 Å². The van der Waals surface area contributed by atoms with Crippen LogP contribution in [0.1, 0.15) is 30.1 Å². The van der Waals surface area contributed by atoms with E-state index in [0.29, 0.717) is 30.3 Å². The van der Waals surface area contributed by atoms with Gasteiger partial charge in [-0.25, -0.2) is 4.79 Å². The Morgan fingerprint density at radius 1 is 1.10 bits per heavy atom. The van der Waals surface area contributed by atoms with Gasteiger partial charge in [0, 0.05) is 18.0 Å². The zero-order chi connectivity index (χ0) is 21.8. The average Bonchev–Trinajstić information content (AvgIpc) is 3.07. The lowest BCUT2D eigenvalue weighted by Crippen LogP contribution is -2.43. The van der Waals surface area contributed by atoms with Crippen LogP contribution in [0.2, 0.25) is 5.02 Å². The van der Waals surface area contributed by atoms with Crippen molar-refractivity contribution >= 4 is 29.4 Å². The van der Waals surface area contributed by atoms with E-state index in [4.69, 9.17) is 16.3 Å². The van der Waals surface area contributed by atoms with Crippen molar-refractivity contribution in [3.63, 3.8) is 0 Å². The Hall–Kier alpha value is -2.90. The Kier molecular flexibility index (Phi) is 6.53. The molecule has 2 fully saturated rings. The van der Waals surface area contributed by atoms with Crippen LogP contribution in [0.25, 0.3) is 0 Å². The molecular formula is C23H24ClN3O4. The van der Waals surface area contributed by atoms with Gasteiger partial charge >= 0.3 is 6.03 Å². The van der Waals surface area contributed by atoms with Crippen molar-refractivity contribution in [2.24, 2.45) is 0 Å². The molecule has 8 heteroatoms. The summed E-state index contributed by atoms with van der Waals surface area (Å²) in [6.07, 6.45) is 0.284. The summed E-state index contributed by atoms with van der Waals surface area (Å²) < 4.78 is 5.81. The molecule has 0 spiro atoms. The van der Waals surface area contributed by atoms with Crippen LogP contribution in [0.5, 0.6) is 0 Å². The third-order valence-corrected chi connectivity index (χ3v) is 6.00. The maximum Gasteiger partial charge on any atom is 0.325 e. The summed E-state index contributed by atoms with van der Waals surface area (Å²) >= 11 is 6.15. The molecule has 31 heavy (non-hydrogen) atoms. The van der Waals surface area contributed by atoms with E-state index in [1.165, 1.54) is 0 Å². The van der Waals surface area contributed by atoms with E-state index in [2.05, 4.69) is 5.32 Å². The zero-order valence-corrected chi connectivity index (χ0v) is 17.8. The topological polar surface area (TPSA) is 79.0 Å². The van der Waals surface area contributed by atoms with Crippen molar-refractivity contribution in [3.8, 4) is 0 Å². The number of nitrogens with one attached hydrogen (secondary N) is 1. The highest BCUT2D eigenvalue weighted by Crippen LogP contribution is 2.24. The monoisotopic (exact) mass is 441 g/mol. The summed E-state index contributed by atoms with van der Waals surface area (Å²) in [5.74, 6) is -0.377. The molecule has 0 aromatic heterocycles. The van der Waals surface area contributed by atoms with Gasteiger partial charge in [-0.1, -0.05) is 60.1 Å². The van der Waals surface area contributed by atoms with Gasteiger partial charge in [-0.15, -0.1) is 0 Å². The first-order chi connectivity index (χ1) is 15.0. The van der Waals surface area contributed by atoms with Gasteiger partial charge < -0.3 is 15.0 Å². The second kappa shape index (κ2) is 9.49. The number of nitrogens with zero attached hydrogens (tertiary/aromatic N) is 2. The fourth-order valence-electron chi connectivity index (χ4n) is 3.89. The Morgan fingerprint density at radius 2 is 1.84 bits per heavy atom. The summed E-state index contributed by atoms with van der Waals surface area (Å²) in [6.45, 7) is 1.57. The summed E-state index contributed by atoms with van der Waals surface area (Å²) in [6, 6.07) is 15.7. The number of carbonyl (C=O) groups is 3. The maximum absolute atomic E-state index is 12.8. The van der Waals surface area contributed by atoms with E-state index in [-0.39, 0.29) is 37.3 Å². The van der Waals surface area contributed by atoms with Crippen molar-refractivity contribution in [2.75, 3.05) is 19.7 Å². The molecule has 2 aliphatic rings. The molecule has 2 aromatic carbocycles. The van der Waals surface area contributed by atoms with Gasteiger partial charge in [0.25, 0.3) is 5.91 Å². The number of hydrogen-bond donors (Lipinski definition) is 1. The lowest BCUT2D eigenvalue weighted by Gasteiger charge is -2.33. The van der Waals surface area contributed by atoms with Crippen LogP contribution in [-0.4, -0.2) is 53.4 Å². The SMILES string of the molecule is O=C(CC[C@@H]1NC(=O)N(Cc2ccccc2Cl)C1=O)N1CCO[C@@H](c2ccccc2)C1. The molecule has 0 unspecified atom stereocenters. The first-order valence-electron chi connectivity index (χ1n) is 10.3. The molecule has 1 N–H and O–H groups in total. The second-order valence-corrected chi connectivity index (χ2v) is 8.07. The van der Waals surface area contributed by atoms with Crippen LogP contribution in [0.4, 0.5) is 4.79 Å². The number of ether oxygens (including phenoxy) is 1. The predicted octanol–water partition coefficient (Wildman–Crippen LogP) is 3.14. The molecule has 0 aliphatic carbocycles. The average molecular weight is 442 g/mol. The van der Waals surface area contributed by atoms with Crippen LogP contribution < -0.4 is 5.32 Å². The van der Waals surface area contributed by atoms with Crippen LogP contribution >= 0.6 is 11.6 Å². The molecule has 2 saturated heterocycles.